The van der Waals surface area contributed by atoms with Crippen LogP contribution in [0.4, 0.5) is 5.69 Å². The highest BCUT2D eigenvalue weighted by atomic mass is 16.6. The number of methoxy groups -OCH3 is 1. The van der Waals surface area contributed by atoms with Gasteiger partial charge in [-0.15, -0.1) is 0 Å². The van der Waals surface area contributed by atoms with Crippen LogP contribution < -0.4 is 5.32 Å². The number of nitrogens with one attached hydrogen (secondary N) is 1. The smallest absolute Gasteiger partial charge is 0.337 e. The molecule has 0 aliphatic carbocycles. The number of esters is 2. The van der Waals surface area contributed by atoms with E-state index in [1.54, 1.807) is 26.0 Å². The number of allylic oxidation sites excluding steroid dienone is 2. The highest BCUT2D eigenvalue weighted by Crippen LogP contribution is 2.43. The summed E-state index contributed by atoms with van der Waals surface area (Å²) < 4.78 is 11.2. The molecule has 4 atom stereocenters. The van der Waals surface area contributed by atoms with E-state index in [9.17, 15) is 19.7 Å². The predicted octanol–water partition coefficient (Wildman–Crippen LogP) is 4.35. The fourth-order valence-electron chi connectivity index (χ4n) is 6.21. The van der Waals surface area contributed by atoms with Crippen molar-refractivity contribution in [2.45, 2.75) is 63.8 Å². The van der Waals surface area contributed by atoms with Gasteiger partial charge in [-0.2, -0.15) is 0 Å². The Morgan fingerprint density at radius 1 is 1.03 bits per heavy atom. The molecule has 1 N–H and O–H groups in total. The summed E-state index contributed by atoms with van der Waals surface area (Å²) in [5.41, 5.74) is 3.10. The number of nitrogens with zero attached hydrogens (tertiary/aromatic N) is 2. The number of ether oxygens (including phenoxy) is 2. The quantitative estimate of drug-likeness (QED) is 0.328. The van der Waals surface area contributed by atoms with E-state index in [-0.39, 0.29) is 29.0 Å². The Hall–Kier alpha value is -3.98. The molecule has 0 spiro atoms. The van der Waals surface area contributed by atoms with Crippen molar-refractivity contribution in [3.05, 3.63) is 98.4 Å². The summed E-state index contributed by atoms with van der Waals surface area (Å²) in [5, 5.41) is 14.6. The van der Waals surface area contributed by atoms with Crippen molar-refractivity contribution < 1.29 is 24.0 Å². The molecular weight excluding hydrogens is 486 g/mol. The number of fused-ring (bicyclic) bond motifs is 2. The maximum Gasteiger partial charge on any atom is 0.337 e. The van der Waals surface area contributed by atoms with Gasteiger partial charge in [0.15, 0.2) is 0 Å². The molecular formula is C29H31N3O6. The van der Waals surface area contributed by atoms with E-state index >= 15 is 0 Å². The minimum Gasteiger partial charge on any atom is -0.466 e. The van der Waals surface area contributed by atoms with Crippen molar-refractivity contribution in [1.82, 2.24) is 10.2 Å². The SMILES string of the molecule is COC(=O)C1=C(C)NC(C)=C(C(=O)OC2CC3CCC2N3Cc2ccccc2)C1c1cccc([N+](=O)[O-])c1. The first-order chi connectivity index (χ1) is 18.3. The molecule has 0 radical (unpaired) electrons. The monoisotopic (exact) mass is 517 g/mol. The van der Waals surface area contributed by atoms with Gasteiger partial charge in [-0.25, -0.2) is 9.59 Å². The first-order valence-corrected chi connectivity index (χ1v) is 12.8. The molecule has 2 fully saturated rings. The summed E-state index contributed by atoms with van der Waals surface area (Å²) >= 11 is 0. The number of rotatable bonds is 7. The van der Waals surface area contributed by atoms with E-state index in [0.29, 0.717) is 23.0 Å². The van der Waals surface area contributed by atoms with E-state index in [2.05, 4.69) is 22.3 Å². The van der Waals surface area contributed by atoms with Gasteiger partial charge in [0, 0.05) is 48.6 Å². The summed E-state index contributed by atoms with van der Waals surface area (Å²) in [6.07, 6.45) is 2.50. The number of dihydropyridines is 1. The zero-order chi connectivity index (χ0) is 27.0. The van der Waals surface area contributed by atoms with E-state index in [0.717, 1.165) is 25.8 Å². The van der Waals surface area contributed by atoms with E-state index in [4.69, 9.17) is 9.47 Å². The Morgan fingerprint density at radius 3 is 2.42 bits per heavy atom. The molecule has 38 heavy (non-hydrogen) atoms. The van der Waals surface area contributed by atoms with Crippen molar-refractivity contribution in [3.8, 4) is 0 Å². The van der Waals surface area contributed by atoms with Crippen LogP contribution in [0, 0.1) is 10.1 Å². The van der Waals surface area contributed by atoms with Gasteiger partial charge >= 0.3 is 11.9 Å². The largest absolute Gasteiger partial charge is 0.466 e. The Balaban J connectivity index is 1.44. The molecule has 3 aliphatic rings. The lowest BCUT2D eigenvalue weighted by molar-refractivity contribution is -0.384. The summed E-state index contributed by atoms with van der Waals surface area (Å²) in [6, 6.07) is 16.7. The lowest BCUT2D eigenvalue weighted by Crippen LogP contribution is -2.37. The second-order valence-corrected chi connectivity index (χ2v) is 10.1. The molecule has 198 valence electrons. The number of carbonyl (C=O) groups is 2. The van der Waals surface area contributed by atoms with Crippen LogP contribution in [0.1, 0.15) is 50.2 Å². The van der Waals surface area contributed by atoms with Gasteiger partial charge in [0.05, 0.1) is 29.1 Å². The summed E-state index contributed by atoms with van der Waals surface area (Å²) in [4.78, 5) is 40.1. The Kier molecular flexibility index (Phi) is 7.03. The molecule has 9 heteroatoms. The molecule has 0 saturated carbocycles. The number of benzene rings is 2. The number of nitro benzene ring substituents is 1. The topological polar surface area (TPSA) is 111 Å². The summed E-state index contributed by atoms with van der Waals surface area (Å²) in [7, 11) is 1.27. The van der Waals surface area contributed by atoms with Gasteiger partial charge in [-0.05, 0) is 37.8 Å². The van der Waals surface area contributed by atoms with Crippen molar-refractivity contribution in [2.24, 2.45) is 0 Å². The number of non-ortho nitro benzene ring substituents is 1. The number of hydrogen-bond acceptors (Lipinski definition) is 8. The maximum atomic E-state index is 13.8. The maximum absolute atomic E-state index is 13.8. The van der Waals surface area contributed by atoms with Crippen LogP contribution in [0.25, 0.3) is 0 Å². The van der Waals surface area contributed by atoms with E-state index in [1.165, 1.54) is 24.8 Å². The standard InChI is InChI=1S/C29H31N3O6/c1-17-25(28(33)37-3)27(20-10-7-11-22(14-20)32(35)36)26(18(2)30-17)29(34)38-24-15-21-12-13-23(24)31(21)16-19-8-5-4-6-9-19/h4-11,14,21,23-24,27,30H,12-13,15-16H2,1-3H3. The summed E-state index contributed by atoms with van der Waals surface area (Å²) in [6.45, 7) is 4.28. The zero-order valence-electron chi connectivity index (χ0n) is 21.7. The highest BCUT2D eigenvalue weighted by Gasteiger charge is 2.49. The van der Waals surface area contributed by atoms with Gasteiger partial charge in [0.2, 0.25) is 0 Å². The van der Waals surface area contributed by atoms with E-state index in [1.807, 2.05) is 18.2 Å². The molecule has 9 nitrogen and oxygen atoms in total. The number of nitro groups is 1. The fraction of sp³-hybridized carbons (Fsp3) is 0.379. The molecule has 2 aromatic rings. The van der Waals surface area contributed by atoms with Crippen LogP contribution in [-0.2, 0) is 25.6 Å². The Labute approximate surface area is 221 Å². The molecule has 2 aromatic carbocycles. The second-order valence-electron chi connectivity index (χ2n) is 10.1. The van der Waals surface area contributed by atoms with Gasteiger partial charge in [0.1, 0.15) is 6.10 Å². The van der Waals surface area contributed by atoms with Crippen molar-refractivity contribution in [3.63, 3.8) is 0 Å². The molecule has 5 rings (SSSR count). The fourth-order valence-corrected chi connectivity index (χ4v) is 6.21. The third kappa shape index (κ3) is 4.69. The third-order valence-corrected chi connectivity index (χ3v) is 7.89. The highest BCUT2D eigenvalue weighted by molar-refractivity contribution is 6.00. The molecule has 2 saturated heterocycles. The van der Waals surface area contributed by atoms with Crippen LogP contribution in [0.3, 0.4) is 0 Å². The van der Waals surface area contributed by atoms with Gasteiger partial charge in [-0.1, -0.05) is 42.5 Å². The van der Waals surface area contributed by atoms with Crippen LogP contribution >= 0.6 is 0 Å². The molecule has 2 bridgehead atoms. The lowest BCUT2D eigenvalue weighted by atomic mass is 9.80. The van der Waals surface area contributed by atoms with Crippen LogP contribution in [0.5, 0.6) is 0 Å². The molecule has 4 unspecified atom stereocenters. The second kappa shape index (κ2) is 10.4. The molecule has 3 aliphatic heterocycles. The molecule has 0 amide bonds. The average molecular weight is 518 g/mol. The van der Waals surface area contributed by atoms with Gasteiger partial charge in [0.25, 0.3) is 5.69 Å². The first kappa shape index (κ1) is 25.7. The lowest BCUT2D eigenvalue weighted by Gasteiger charge is -2.31. The normalized spacial score (nSPS) is 24.8. The minimum absolute atomic E-state index is 0.121. The molecule has 0 aromatic heterocycles. The van der Waals surface area contributed by atoms with Gasteiger partial charge < -0.3 is 14.8 Å². The van der Waals surface area contributed by atoms with Crippen molar-refractivity contribution >= 4 is 17.6 Å². The van der Waals surface area contributed by atoms with Gasteiger partial charge in [-0.3, -0.25) is 15.0 Å². The van der Waals surface area contributed by atoms with Crippen molar-refractivity contribution in [1.29, 1.82) is 0 Å². The van der Waals surface area contributed by atoms with Crippen LogP contribution in [0.2, 0.25) is 0 Å². The Bertz CT molecular complexity index is 1330. The van der Waals surface area contributed by atoms with Crippen LogP contribution in [-0.4, -0.2) is 47.1 Å². The zero-order valence-corrected chi connectivity index (χ0v) is 21.7. The predicted molar refractivity (Wildman–Crippen MR) is 140 cm³/mol. The van der Waals surface area contributed by atoms with E-state index < -0.39 is 22.8 Å². The average Bonchev–Trinajstić information content (AvgIpc) is 3.44. The number of carbonyl (C=O) groups excluding carboxylic acids is 2. The first-order valence-electron chi connectivity index (χ1n) is 12.8. The van der Waals surface area contributed by atoms with Crippen molar-refractivity contribution in [2.75, 3.05) is 7.11 Å². The molecule has 3 heterocycles. The minimum atomic E-state index is -0.866. The Morgan fingerprint density at radius 2 is 1.74 bits per heavy atom. The summed E-state index contributed by atoms with van der Waals surface area (Å²) in [5.74, 6) is -2.01. The third-order valence-electron chi connectivity index (χ3n) is 7.89. The van der Waals surface area contributed by atoms with Crippen LogP contribution in [0.15, 0.2) is 77.1 Å². The number of hydrogen-bond donors (Lipinski definition) is 1.